The van der Waals surface area contributed by atoms with E-state index in [1.807, 2.05) is 12.1 Å². The van der Waals surface area contributed by atoms with Crippen LogP contribution in [0.5, 0.6) is 0 Å². The summed E-state index contributed by atoms with van der Waals surface area (Å²) in [5.41, 5.74) is 3.48. The average molecular weight is 467 g/mol. The topological polar surface area (TPSA) is 109 Å². The molecular weight excluding hydrogens is 446 g/mol. The number of carboxylic acid groups (broad SMARTS) is 1. The van der Waals surface area contributed by atoms with Crippen LogP contribution in [0.4, 0.5) is 0 Å². The van der Waals surface area contributed by atoms with Crippen LogP contribution in [-0.4, -0.2) is 46.1 Å². The number of rotatable bonds is 9. The number of carbonyl (C=O) groups is 4. The molecule has 3 aromatic carbocycles. The van der Waals surface area contributed by atoms with Crippen molar-refractivity contribution in [2.24, 2.45) is 5.92 Å². The third-order valence-electron chi connectivity index (χ3n) is 6.04. The third kappa shape index (κ3) is 5.00. The van der Waals surface area contributed by atoms with Gasteiger partial charge in [-0.05, 0) is 35.2 Å². The standard InChI is InChI=1S/C28H21NO6/c30-16-14-18-5-7-19(8-6-18)20-9-11-21(12-10-20)25(31)17-22(28(34)35)13-15-29-26(32)23-3-1-2-4-24(23)27(29)33/h1-12,14,22H,13,15,17H2,(H,34,35). The zero-order valence-corrected chi connectivity index (χ0v) is 18.6. The minimum atomic E-state index is -1.16. The molecule has 3 aromatic rings. The number of aliphatic carboxylic acids is 1. The van der Waals surface area contributed by atoms with Crippen LogP contribution in [-0.2, 0) is 9.59 Å². The first-order chi connectivity index (χ1) is 16.9. The highest BCUT2D eigenvalue weighted by Crippen LogP contribution is 2.25. The summed E-state index contributed by atoms with van der Waals surface area (Å²) >= 11 is 0. The van der Waals surface area contributed by atoms with Crippen molar-refractivity contribution in [3.8, 4) is 11.1 Å². The van der Waals surface area contributed by atoms with Crippen LogP contribution in [0.2, 0.25) is 0 Å². The maximum atomic E-state index is 12.8. The second kappa shape index (κ2) is 10.1. The number of carbonyl (C=O) groups excluding carboxylic acids is 4. The van der Waals surface area contributed by atoms with Gasteiger partial charge in [-0.1, -0.05) is 60.7 Å². The molecule has 0 radical (unpaired) electrons. The van der Waals surface area contributed by atoms with Crippen LogP contribution in [0.3, 0.4) is 0 Å². The SMILES string of the molecule is O=C=Cc1ccc(-c2ccc(C(=O)CC(CCN3C(=O)c4ccccc4C3=O)C(=O)O)cc2)cc1. The number of imide groups is 1. The smallest absolute Gasteiger partial charge is 0.307 e. The number of benzene rings is 3. The quantitative estimate of drug-likeness (QED) is 0.288. The van der Waals surface area contributed by atoms with Crippen molar-refractivity contribution in [1.82, 2.24) is 4.90 Å². The summed E-state index contributed by atoms with van der Waals surface area (Å²) in [4.78, 5) is 61.1. The Balaban J connectivity index is 1.40. The predicted octanol–water partition coefficient (Wildman–Crippen LogP) is 4.16. The Kier molecular flexibility index (Phi) is 6.81. The van der Waals surface area contributed by atoms with Gasteiger partial charge in [-0.25, -0.2) is 4.79 Å². The number of ketones is 1. The van der Waals surface area contributed by atoms with Gasteiger partial charge in [0, 0.05) is 24.6 Å². The predicted molar refractivity (Wildman–Crippen MR) is 129 cm³/mol. The van der Waals surface area contributed by atoms with Crippen molar-refractivity contribution >= 4 is 35.6 Å². The van der Waals surface area contributed by atoms with E-state index in [1.165, 1.54) is 6.08 Å². The lowest BCUT2D eigenvalue weighted by Gasteiger charge is -2.17. The number of Topliss-reactive ketones (excluding diaryl/α,β-unsaturated/α-hetero) is 1. The fourth-order valence-electron chi connectivity index (χ4n) is 4.07. The van der Waals surface area contributed by atoms with Gasteiger partial charge < -0.3 is 5.11 Å². The van der Waals surface area contributed by atoms with Crippen LogP contribution in [0.15, 0.2) is 72.8 Å². The summed E-state index contributed by atoms with van der Waals surface area (Å²) in [5, 5.41) is 9.63. The lowest BCUT2D eigenvalue weighted by molar-refractivity contribution is -0.142. The summed E-state index contributed by atoms with van der Waals surface area (Å²) in [6.07, 6.45) is 1.07. The minimum Gasteiger partial charge on any atom is -0.481 e. The monoisotopic (exact) mass is 467 g/mol. The van der Waals surface area contributed by atoms with Crippen LogP contribution in [0.25, 0.3) is 17.2 Å². The molecule has 7 nitrogen and oxygen atoms in total. The molecule has 1 aliphatic heterocycles. The molecule has 0 aliphatic carbocycles. The molecule has 174 valence electrons. The molecule has 0 spiro atoms. The number of nitrogens with zero attached hydrogens (tertiary/aromatic N) is 1. The van der Waals surface area contributed by atoms with E-state index in [-0.39, 0.29) is 25.2 Å². The number of fused-ring (bicyclic) bond motifs is 1. The molecule has 1 aliphatic rings. The van der Waals surface area contributed by atoms with Crippen molar-refractivity contribution < 1.29 is 29.1 Å². The molecule has 0 fully saturated rings. The highest BCUT2D eigenvalue weighted by atomic mass is 16.4. The highest BCUT2D eigenvalue weighted by Gasteiger charge is 2.35. The molecule has 1 unspecified atom stereocenters. The van der Waals surface area contributed by atoms with E-state index in [0.717, 1.165) is 21.6 Å². The molecule has 0 saturated heterocycles. The normalized spacial score (nSPS) is 13.2. The van der Waals surface area contributed by atoms with Gasteiger partial charge in [0.15, 0.2) is 5.78 Å². The van der Waals surface area contributed by atoms with Gasteiger partial charge in [0.2, 0.25) is 0 Å². The molecule has 1 heterocycles. The van der Waals surface area contributed by atoms with Crippen LogP contribution in [0, 0.1) is 5.92 Å². The first-order valence-electron chi connectivity index (χ1n) is 11.0. The summed E-state index contributed by atoms with van der Waals surface area (Å²) in [6.45, 7) is -0.0786. The molecule has 4 rings (SSSR count). The molecule has 0 aromatic heterocycles. The van der Waals surface area contributed by atoms with Crippen LogP contribution < -0.4 is 0 Å². The van der Waals surface area contributed by atoms with Gasteiger partial charge >= 0.3 is 5.97 Å². The summed E-state index contributed by atoms with van der Waals surface area (Å²) in [5.74, 6) is -1.70. The fourth-order valence-corrected chi connectivity index (χ4v) is 4.07. The van der Waals surface area contributed by atoms with E-state index in [1.54, 1.807) is 66.6 Å². The first-order valence-corrected chi connectivity index (χ1v) is 11.0. The Labute approximate surface area is 201 Å². The van der Waals surface area contributed by atoms with Gasteiger partial charge in [-0.3, -0.25) is 24.1 Å². The second-order valence-corrected chi connectivity index (χ2v) is 8.22. The van der Waals surface area contributed by atoms with Gasteiger partial charge in [-0.15, -0.1) is 0 Å². The van der Waals surface area contributed by atoms with E-state index in [2.05, 4.69) is 0 Å². The Hall–Kier alpha value is -4.61. The Morgan fingerprint density at radius 3 is 1.91 bits per heavy atom. The Morgan fingerprint density at radius 1 is 0.857 bits per heavy atom. The van der Waals surface area contributed by atoms with Gasteiger partial charge in [0.1, 0.15) is 5.94 Å². The maximum Gasteiger partial charge on any atom is 0.307 e. The van der Waals surface area contributed by atoms with Crippen LogP contribution in [0.1, 0.15) is 49.5 Å². The molecule has 35 heavy (non-hydrogen) atoms. The lowest BCUT2D eigenvalue weighted by Crippen LogP contribution is -2.33. The highest BCUT2D eigenvalue weighted by molar-refractivity contribution is 6.21. The van der Waals surface area contributed by atoms with E-state index in [9.17, 15) is 29.1 Å². The minimum absolute atomic E-state index is 0.0216. The molecule has 1 N–H and O–H groups in total. The zero-order valence-electron chi connectivity index (χ0n) is 18.6. The Morgan fingerprint density at radius 2 is 1.40 bits per heavy atom. The number of carboxylic acids is 1. The number of amides is 2. The molecule has 7 heteroatoms. The van der Waals surface area contributed by atoms with Gasteiger partial charge in [-0.2, -0.15) is 0 Å². The van der Waals surface area contributed by atoms with Crippen LogP contribution >= 0.6 is 0 Å². The van der Waals surface area contributed by atoms with Gasteiger partial charge in [0.25, 0.3) is 11.8 Å². The largest absolute Gasteiger partial charge is 0.481 e. The van der Waals surface area contributed by atoms with E-state index in [4.69, 9.17) is 0 Å². The van der Waals surface area contributed by atoms with Crippen molar-refractivity contribution in [2.75, 3.05) is 6.54 Å². The van der Waals surface area contributed by atoms with E-state index in [0.29, 0.717) is 16.7 Å². The van der Waals surface area contributed by atoms with E-state index < -0.39 is 23.7 Å². The fraction of sp³-hybridized carbons (Fsp3) is 0.143. The molecule has 0 saturated carbocycles. The number of hydrogen-bond donors (Lipinski definition) is 1. The third-order valence-corrected chi connectivity index (χ3v) is 6.04. The second-order valence-electron chi connectivity index (χ2n) is 8.22. The van der Waals surface area contributed by atoms with Gasteiger partial charge in [0.05, 0.1) is 17.0 Å². The molecule has 0 bridgehead atoms. The maximum absolute atomic E-state index is 12.8. The molecule has 1 atom stereocenters. The molecule has 2 amide bonds. The lowest BCUT2D eigenvalue weighted by atomic mass is 9.94. The first kappa shape index (κ1) is 23.5. The van der Waals surface area contributed by atoms with Crippen molar-refractivity contribution in [1.29, 1.82) is 0 Å². The van der Waals surface area contributed by atoms with Crippen molar-refractivity contribution in [2.45, 2.75) is 12.8 Å². The van der Waals surface area contributed by atoms with Crippen molar-refractivity contribution in [3.63, 3.8) is 0 Å². The number of hydrogen-bond acceptors (Lipinski definition) is 5. The summed E-state index contributed by atoms with van der Waals surface area (Å²) in [7, 11) is 0. The zero-order chi connectivity index (χ0) is 24.9. The summed E-state index contributed by atoms with van der Waals surface area (Å²) < 4.78 is 0. The Bertz CT molecular complexity index is 1320. The summed E-state index contributed by atoms with van der Waals surface area (Å²) in [6, 6.07) is 20.5. The van der Waals surface area contributed by atoms with Crippen molar-refractivity contribution in [3.05, 3.63) is 95.1 Å². The van der Waals surface area contributed by atoms with E-state index >= 15 is 0 Å². The average Bonchev–Trinajstić information content (AvgIpc) is 3.12. The molecular formula is C28H21NO6.